The van der Waals surface area contributed by atoms with Crippen molar-refractivity contribution in [3.8, 4) is 0 Å². The number of carbonyl (C=O) groups is 3. The average molecular weight is 493 g/mol. The first-order valence-corrected chi connectivity index (χ1v) is 11.6. The molecule has 1 aliphatic rings. The van der Waals surface area contributed by atoms with Crippen LogP contribution in [-0.2, 0) is 18.9 Å². The predicted molar refractivity (Wildman–Crippen MR) is 130 cm³/mol. The van der Waals surface area contributed by atoms with E-state index in [1.807, 2.05) is 0 Å². The van der Waals surface area contributed by atoms with Crippen molar-refractivity contribution in [1.29, 1.82) is 0 Å². The first kappa shape index (κ1) is 24.5. The molecule has 180 valence electrons. The van der Waals surface area contributed by atoms with Gasteiger partial charge in [-0.2, -0.15) is 0 Å². The van der Waals surface area contributed by atoms with Crippen molar-refractivity contribution in [2.75, 3.05) is 0 Å². The zero-order valence-electron chi connectivity index (χ0n) is 18.9. The quantitative estimate of drug-likeness (QED) is 0.311. The number of benzene rings is 3. The fraction of sp³-hybridized carbons (Fsp3) is 0.222. The standard InChI is InChI=1S/C27H24O7S/c1-17-21(32-24(28)18-11-5-2-6-12-18)22(33-25(29)19-13-7-3-8-14-19)23(27(35)31-17)34-26(30)20-15-9-4-10-16-20/h2-17,21-23,27,35H,1H3/t17-,21+,22+,23-,27-/m0/s1. The van der Waals surface area contributed by atoms with E-state index in [-0.39, 0.29) is 0 Å². The largest absolute Gasteiger partial charge is 0.452 e. The van der Waals surface area contributed by atoms with Crippen LogP contribution >= 0.6 is 12.6 Å². The molecule has 5 atom stereocenters. The van der Waals surface area contributed by atoms with Crippen LogP contribution in [0.5, 0.6) is 0 Å². The highest BCUT2D eigenvalue weighted by molar-refractivity contribution is 7.80. The van der Waals surface area contributed by atoms with Gasteiger partial charge in [-0.15, -0.1) is 12.6 Å². The van der Waals surface area contributed by atoms with Crippen LogP contribution in [0, 0.1) is 0 Å². The molecule has 0 aromatic heterocycles. The average Bonchev–Trinajstić information content (AvgIpc) is 2.89. The van der Waals surface area contributed by atoms with Gasteiger partial charge in [0.15, 0.2) is 18.3 Å². The van der Waals surface area contributed by atoms with E-state index in [0.29, 0.717) is 16.7 Å². The fourth-order valence-corrected chi connectivity index (χ4v) is 4.13. The molecule has 1 aliphatic heterocycles. The van der Waals surface area contributed by atoms with Gasteiger partial charge in [0, 0.05) is 0 Å². The Bertz CT molecular complexity index is 1090. The third-order valence-corrected chi connectivity index (χ3v) is 5.92. The van der Waals surface area contributed by atoms with E-state index in [4.69, 9.17) is 18.9 Å². The van der Waals surface area contributed by atoms with E-state index in [0.717, 1.165) is 0 Å². The zero-order valence-corrected chi connectivity index (χ0v) is 19.7. The van der Waals surface area contributed by atoms with Crippen molar-refractivity contribution >= 4 is 30.5 Å². The van der Waals surface area contributed by atoms with E-state index in [1.54, 1.807) is 97.9 Å². The van der Waals surface area contributed by atoms with Gasteiger partial charge < -0.3 is 18.9 Å². The van der Waals surface area contributed by atoms with Crippen molar-refractivity contribution in [3.05, 3.63) is 108 Å². The maximum absolute atomic E-state index is 13.0. The first-order chi connectivity index (χ1) is 16.9. The minimum atomic E-state index is -1.17. The maximum Gasteiger partial charge on any atom is 0.338 e. The summed E-state index contributed by atoms with van der Waals surface area (Å²) in [4.78, 5) is 38.6. The van der Waals surface area contributed by atoms with Crippen LogP contribution in [0.25, 0.3) is 0 Å². The minimum Gasteiger partial charge on any atom is -0.452 e. The lowest BCUT2D eigenvalue weighted by molar-refractivity contribution is -0.194. The number of hydrogen-bond acceptors (Lipinski definition) is 8. The Labute approximate surface area is 208 Å². The van der Waals surface area contributed by atoms with Crippen LogP contribution in [0.2, 0.25) is 0 Å². The molecule has 4 rings (SSSR count). The van der Waals surface area contributed by atoms with E-state index in [1.165, 1.54) is 0 Å². The van der Waals surface area contributed by atoms with Gasteiger partial charge in [-0.1, -0.05) is 54.6 Å². The second-order valence-corrected chi connectivity index (χ2v) is 8.45. The van der Waals surface area contributed by atoms with Gasteiger partial charge in [-0.25, -0.2) is 14.4 Å². The molecule has 0 N–H and O–H groups in total. The smallest absolute Gasteiger partial charge is 0.338 e. The summed E-state index contributed by atoms with van der Waals surface area (Å²) in [7, 11) is 0. The number of thiol groups is 1. The molecule has 35 heavy (non-hydrogen) atoms. The summed E-state index contributed by atoms with van der Waals surface area (Å²) in [6.07, 6.45) is -4.09. The van der Waals surface area contributed by atoms with Gasteiger partial charge in [0.05, 0.1) is 22.8 Å². The first-order valence-electron chi connectivity index (χ1n) is 11.1. The van der Waals surface area contributed by atoms with E-state index < -0.39 is 47.8 Å². The second kappa shape index (κ2) is 11.2. The SMILES string of the molecule is C[C@@H]1O[C@@H](S)[C@@H](OC(=O)c2ccccc2)[C@H](OC(=O)c2ccccc2)[C@@H]1OC(=O)c1ccccc1. The van der Waals surface area contributed by atoms with Crippen molar-refractivity contribution in [3.63, 3.8) is 0 Å². The molecular formula is C27H24O7S. The van der Waals surface area contributed by atoms with Crippen molar-refractivity contribution < 1.29 is 33.3 Å². The van der Waals surface area contributed by atoms with E-state index in [2.05, 4.69) is 12.6 Å². The molecular weight excluding hydrogens is 468 g/mol. The second-order valence-electron chi connectivity index (χ2n) is 7.94. The minimum absolute atomic E-state index is 0.295. The zero-order chi connectivity index (χ0) is 24.8. The molecule has 0 radical (unpaired) electrons. The number of esters is 3. The number of carbonyl (C=O) groups excluding carboxylic acids is 3. The molecule has 1 saturated heterocycles. The van der Waals surface area contributed by atoms with Gasteiger partial charge in [0.1, 0.15) is 5.44 Å². The molecule has 0 aliphatic carbocycles. The Morgan fingerprint density at radius 1 is 0.600 bits per heavy atom. The molecule has 0 saturated carbocycles. The van der Waals surface area contributed by atoms with Crippen LogP contribution in [0.1, 0.15) is 38.0 Å². The molecule has 7 nitrogen and oxygen atoms in total. The number of rotatable bonds is 6. The molecule has 0 unspecified atom stereocenters. The monoisotopic (exact) mass is 492 g/mol. The summed E-state index contributed by atoms with van der Waals surface area (Å²) >= 11 is 4.44. The van der Waals surface area contributed by atoms with Gasteiger partial charge >= 0.3 is 17.9 Å². The molecule has 8 heteroatoms. The van der Waals surface area contributed by atoms with Crippen LogP contribution in [0.3, 0.4) is 0 Å². The highest BCUT2D eigenvalue weighted by atomic mass is 32.1. The molecule has 0 amide bonds. The van der Waals surface area contributed by atoms with Crippen LogP contribution < -0.4 is 0 Å². The van der Waals surface area contributed by atoms with Crippen LogP contribution in [0.4, 0.5) is 0 Å². The molecule has 0 spiro atoms. The summed E-state index contributed by atoms with van der Waals surface area (Å²) in [5.41, 5.74) is -0.0159. The molecule has 3 aromatic carbocycles. The van der Waals surface area contributed by atoms with Gasteiger partial charge in [-0.05, 0) is 43.3 Å². The normalized spacial score (nSPS) is 23.7. The van der Waals surface area contributed by atoms with Crippen LogP contribution in [0.15, 0.2) is 91.0 Å². The predicted octanol–water partition coefficient (Wildman–Crippen LogP) is 4.34. The Morgan fingerprint density at radius 2 is 0.943 bits per heavy atom. The van der Waals surface area contributed by atoms with Crippen molar-refractivity contribution in [2.45, 2.75) is 36.8 Å². The fourth-order valence-electron chi connectivity index (χ4n) is 3.71. The summed E-state index contributed by atoms with van der Waals surface area (Å²) in [6.45, 7) is 1.67. The summed E-state index contributed by atoms with van der Waals surface area (Å²) < 4.78 is 23.1. The lowest BCUT2D eigenvalue weighted by Gasteiger charge is -2.42. The molecule has 1 fully saturated rings. The highest BCUT2D eigenvalue weighted by Gasteiger charge is 2.50. The Kier molecular flexibility index (Phi) is 7.84. The van der Waals surface area contributed by atoms with Gasteiger partial charge in [0.2, 0.25) is 0 Å². The Balaban J connectivity index is 1.63. The lowest BCUT2D eigenvalue weighted by Crippen LogP contribution is -2.59. The third-order valence-electron chi connectivity index (χ3n) is 5.50. The van der Waals surface area contributed by atoms with Crippen molar-refractivity contribution in [1.82, 2.24) is 0 Å². The number of ether oxygens (including phenoxy) is 4. The summed E-state index contributed by atoms with van der Waals surface area (Å²) in [5.74, 6) is -1.94. The topological polar surface area (TPSA) is 88.1 Å². The van der Waals surface area contributed by atoms with Crippen molar-refractivity contribution in [2.24, 2.45) is 0 Å². The van der Waals surface area contributed by atoms with E-state index >= 15 is 0 Å². The molecule has 1 heterocycles. The third kappa shape index (κ3) is 5.90. The Morgan fingerprint density at radius 3 is 1.34 bits per heavy atom. The highest BCUT2D eigenvalue weighted by Crippen LogP contribution is 2.31. The maximum atomic E-state index is 13.0. The van der Waals surface area contributed by atoms with Crippen LogP contribution in [-0.4, -0.2) is 47.8 Å². The molecule has 0 bridgehead atoms. The Hall–Kier alpha value is -3.62. The number of hydrogen-bond donors (Lipinski definition) is 1. The van der Waals surface area contributed by atoms with Gasteiger partial charge in [-0.3, -0.25) is 0 Å². The summed E-state index contributed by atoms with van der Waals surface area (Å²) in [5, 5.41) is 0. The lowest BCUT2D eigenvalue weighted by atomic mass is 9.99. The van der Waals surface area contributed by atoms with Gasteiger partial charge in [0.25, 0.3) is 0 Å². The van der Waals surface area contributed by atoms with E-state index in [9.17, 15) is 14.4 Å². The summed E-state index contributed by atoms with van der Waals surface area (Å²) in [6, 6.07) is 25.1. The molecule has 3 aromatic rings.